The van der Waals surface area contributed by atoms with E-state index in [4.69, 9.17) is 5.73 Å². The van der Waals surface area contributed by atoms with Crippen LogP contribution in [-0.2, 0) is 0 Å². The van der Waals surface area contributed by atoms with Gasteiger partial charge in [-0.1, -0.05) is 0 Å². The smallest absolute Gasteiger partial charge is 0.171 e. The number of ketones is 1. The second-order valence-corrected chi connectivity index (χ2v) is 4.75. The molecule has 0 aliphatic carbocycles. The van der Waals surface area contributed by atoms with Gasteiger partial charge in [0.15, 0.2) is 5.78 Å². The monoisotopic (exact) mass is 270 g/mol. The summed E-state index contributed by atoms with van der Waals surface area (Å²) in [7, 11) is 0. The van der Waals surface area contributed by atoms with Gasteiger partial charge >= 0.3 is 0 Å². The first-order valence-electron chi connectivity index (χ1n) is 3.95. The Morgan fingerprint density at radius 2 is 2.29 bits per heavy atom. The van der Waals surface area contributed by atoms with Crippen LogP contribution in [0.25, 0.3) is 10.2 Å². The van der Waals surface area contributed by atoms with Gasteiger partial charge in [-0.15, -0.1) is 11.3 Å². The van der Waals surface area contributed by atoms with Crippen LogP contribution in [0.5, 0.6) is 0 Å². The fraction of sp³-hybridized carbons (Fsp3) is 0.111. The van der Waals surface area contributed by atoms with E-state index in [9.17, 15) is 4.79 Å². The van der Waals surface area contributed by atoms with Crippen LogP contribution in [0.4, 0.5) is 5.69 Å². The third-order valence-corrected chi connectivity index (χ3v) is 3.56. The number of hydrogen-bond acceptors (Lipinski definition) is 4. The summed E-state index contributed by atoms with van der Waals surface area (Å²) >= 11 is 4.65. The van der Waals surface area contributed by atoms with Crippen LogP contribution >= 0.6 is 27.3 Å². The molecule has 0 aliphatic rings. The number of hydrogen-bond donors (Lipinski definition) is 1. The molecule has 0 fully saturated rings. The van der Waals surface area contributed by atoms with Gasteiger partial charge in [0.2, 0.25) is 0 Å². The number of halogens is 1. The predicted molar refractivity (Wildman–Crippen MR) is 61.7 cm³/mol. The Morgan fingerprint density at radius 3 is 2.93 bits per heavy atom. The van der Waals surface area contributed by atoms with Crippen LogP contribution < -0.4 is 5.73 Å². The van der Waals surface area contributed by atoms with Crippen molar-refractivity contribution in [1.29, 1.82) is 0 Å². The molecule has 0 bridgehead atoms. The highest BCUT2D eigenvalue weighted by Gasteiger charge is 2.13. The maximum absolute atomic E-state index is 11.2. The Hall–Kier alpha value is -0.940. The highest BCUT2D eigenvalue weighted by atomic mass is 79.9. The molecule has 0 radical (unpaired) electrons. The molecule has 0 aliphatic heterocycles. The van der Waals surface area contributed by atoms with E-state index in [2.05, 4.69) is 20.9 Å². The third-order valence-electron chi connectivity index (χ3n) is 1.86. The molecular weight excluding hydrogens is 264 g/mol. The van der Waals surface area contributed by atoms with Gasteiger partial charge in [0, 0.05) is 6.92 Å². The predicted octanol–water partition coefficient (Wildman–Crippen LogP) is 2.84. The van der Waals surface area contributed by atoms with E-state index in [-0.39, 0.29) is 5.78 Å². The first-order valence-corrected chi connectivity index (χ1v) is 5.56. The number of thiophene rings is 1. The van der Waals surface area contributed by atoms with Gasteiger partial charge in [-0.3, -0.25) is 4.79 Å². The number of nitrogens with two attached hydrogens (primary N) is 1. The van der Waals surface area contributed by atoms with Crippen molar-refractivity contribution in [2.24, 2.45) is 0 Å². The van der Waals surface area contributed by atoms with Gasteiger partial charge < -0.3 is 5.73 Å². The highest BCUT2D eigenvalue weighted by molar-refractivity contribution is 9.10. The van der Waals surface area contributed by atoms with Gasteiger partial charge in [-0.25, -0.2) is 4.98 Å². The molecule has 2 aromatic heterocycles. The number of nitrogens with zero attached hydrogens (tertiary/aromatic N) is 1. The number of fused-ring (bicyclic) bond motifs is 1. The van der Waals surface area contributed by atoms with E-state index in [1.165, 1.54) is 18.3 Å². The number of Topliss-reactive ketones (excluding diaryl/α,β-unsaturated/α-hetero) is 1. The zero-order valence-corrected chi connectivity index (χ0v) is 9.78. The molecule has 14 heavy (non-hydrogen) atoms. The van der Waals surface area contributed by atoms with Crippen molar-refractivity contribution < 1.29 is 4.79 Å². The lowest BCUT2D eigenvalue weighted by molar-refractivity contribution is 0.102. The van der Waals surface area contributed by atoms with Gasteiger partial charge in [-0.2, -0.15) is 0 Å². The molecule has 0 aromatic carbocycles. The standard InChI is InChI=1S/C9H7BrN2OS/c1-4(13)9-7(11)8-5(14-9)2-3-6(10)12-8/h2-3H,11H2,1H3. The molecule has 0 saturated heterocycles. The van der Waals surface area contributed by atoms with Crippen LogP contribution in [-0.4, -0.2) is 10.8 Å². The van der Waals surface area contributed by atoms with E-state index in [0.717, 1.165) is 9.30 Å². The maximum atomic E-state index is 11.2. The quantitative estimate of drug-likeness (QED) is 0.641. The van der Waals surface area contributed by atoms with Crippen molar-refractivity contribution in [3.8, 4) is 0 Å². The molecular formula is C9H7BrN2OS. The minimum Gasteiger partial charge on any atom is -0.396 e. The summed E-state index contributed by atoms with van der Waals surface area (Å²) in [6.45, 7) is 1.51. The third kappa shape index (κ3) is 1.42. The second-order valence-electron chi connectivity index (χ2n) is 2.88. The summed E-state index contributed by atoms with van der Waals surface area (Å²) in [5.41, 5.74) is 7.00. The van der Waals surface area contributed by atoms with Gasteiger partial charge in [0.1, 0.15) is 10.1 Å². The Balaban J connectivity index is 2.80. The molecule has 5 heteroatoms. The van der Waals surface area contributed by atoms with Crippen molar-refractivity contribution in [2.45, 2.75) is 6.92 Å². The maximum Gasteiger partial charge on any atom is 0.171 e. The average molecular weight is 271 g/mol. The minimum absolute atomic E-state index is 0.0124. The molecule has 2 heterocycles. The number of nitrogen functional groups attached to an aromatic ring is 1. The molecule has 2 N–H and O–H groups in total. The summed E-state index contributed by atoms with van der Waals surface area (Å²) in [4.78, 5) is 16.0. The van der Waals surface area contributed by atoms with Crippen LogP contribution in [0.1, 0.15) is 16.6 Å². The number of pyridine rings is 1. The summed E-state index contributed by atoms with van der Waals surface area (Å²) in [5.74, 6) is -0.0124. The fourth-order valence-electron chi connectivity index (χ4n) is 1.23. The normalized spacial score (nSPS) is 10.7. The molecule has 0 spiro atoms. The molecule has 0 atom stereocenters. The molecule has 0 saturated carbocycles. The summed E-state index contributed by atoms with van der Waals surface area (Å²) < 4.78 is 1.67. The first-order chi connectivity index (χ1) is 6.59. The molecule has 2 aromatic rings. The Bertz CT molecular complexity index is 521. The van der Waals surface area contributed by atoms with Gasteiger partial charge in [0.25, 0.3) is 0 Å². The topological polar surface area (TPSA) is 56.0 Å². The minimum atomic E-state index is -0.0124. The van der Waals surface area contributed by atoms with Crippen molar-refractivity contribution in [2.75, 3.05) is 5.73 Å². The number of aromatic nitrogens is 1. The van der Waals surface area contributed by atoms with Gasteiger partial charge in [-0.05, 0) is 28.1 Å². The Labute approximate surface area is 93.1 Å². The van der Waals surface area contributed by atoms with Crippen LogP contribution in [0.2, 0.25) is 0 Å². The molecule has 0 amide bonds. The van der Waals surface area contributed by atoms with Crippen LogP contribution in [0, 0.1) is 0 Å². The Kier molecular flexibility index (Phi) is 2.28. The fourth-order valence-corrected chi connectivity index (χ4v) is 2.50. The van der Waals surface area contributed by atoms with Crippen molar-refractivity contribution in [3.05, 3.63) is 21.6 Å². The molecule has 2 rings (SSSR count). The lowest BCUT2D eigenvalue weighted by Crippen LogP contribution is -1.94. The molecule has 72 valence electrons. The lowest BCUT2D eigenvalue weighted by Gasteiger charge is -1.92. The zero-order chi connectivity index (χ0) is 10.3. The molecule has 3 nitrogen and oxygen atoms in total. The number of carbonyl (C=O) groups excluding carboxylic acids is 1. The number of anilines is 1. The number of carbonyl (C=O) groups is 1. The van der Waals surface area contributed by atoms with Gasteiger partial charge in [0.05, 0.1) is 15.3 Å². The van der Waals surface area contributed by atoms with E-state index in [0.29, 0.717) is 16.1 Å². The summed E-state index contributed by atoms with van der Waals surface area (Å²) in [6, 6.07) is 3.74. The van der Waals surface area contributed by atoms with E-state index in [1.54, 1.807) is 0 Å². The molecule has 0 unspecified atom stereocenters. The van der Waals surface area contributed by atoms with Crippen molar-refractivity contribution in [1.82, 2.24) is 4.98 Å². The first kappa shape index (κ1) is 9.61. The average Bonchev–Trinajstić information content (AvgIpc) is 2.44. The second kappa shape index (κ2) is 3.33. The highest BCUT2D eigenvalue weighted by Crippen LogP contribution is 2.33. The number of rotatable bonds is 1. The van der Waals surface area contributed by atoms with E-state index >= 15 is 0 Å². The van der Waals surface area contributed by atoms with Crippen molar-refractivity contribution >= 4 is 49.0 Å². The van der Waals surface area contributed by atoms with E-state index in [1.807, 2.05) is 12.1 Å². The summed E-state index contributed by atoms with van der Waals surface area (Å²) in [5, 5.41) is 0. The van der Waals surface area contributed by atoms with Crippen LogP contribution in [0.15, 0.2) is 16.7 Å². The lowest BCUT2D eigenvalue weighted by atomic mass is 10.3. The SMILES string of the molecule is CC(=O)c1sc2ccc(Br)nc2c1N. The zero-order valence-electron chi connectivity index (χ0n) is 7.37. The summed E-state index contributed by atoms with van der Waals surface area (Å²) in [6.07, 6.45) is 0. The Morgan fingerprint density at radius 1 is 1.57 bits per heavy atom. The van der Waals surface area contributed by atoms with Crippen LogP contribution in [0.3, 0.4) is 0 Å². The van der Waals surface area contributed by atoms with E-state index < -0.39 is 0 Å². The largest absolute Gasteiger partial charge is 0.396 e. The van der Waals surface area contributed by atoms with Crippen molar-refractivity contribution in [3.63, 3.8) is 0 Å².